The number of anilines is 1. The summed E-state index contributed by atoms with van der Waals surface area (Å²) in [6.45, 7) is 5.38. The quantitative estimate of drug-likeness (QED) is 0.806. The number of hydrogen-bond acceptors (Lipinski definition) is 4. The van der Waals surface area contributed by atoms with E-state index in [2.05, 4.69) is 4.72 Å². The Bertz CT molecular complexity index is 697. The van der Waals surface area contributed by atoms with E-state index in [0.29, 0.717) is 5.69 Å². The smallest absolute Gasteiger partial charge is 0.232 e. The van der Waals surface area contributed by atoms with Gasteiger partial charge in [0.1, 0.15) is 0 Å². The van der Waals surface area contributed by atoms with E-state index in [-0.39, 0.29) is 18.8 Å². The van der Waals surface area contributed by atoms with Crippen LogP contribution >= 0.6 is 0 Å². The van der Waals surface area contributed by atoms with Crippen LogP contribution in [0.15, 0.2) is 18.2 Å². The fraction of sp³-hybridized carbons (Fsp3) is 0.538. The van der Waals surface area contributed by atoms with Gasteiger partial charge in [-0.3, -0.25) is 4.31 Å². The van der Waals surface area contributed by atoms with Gasteiger partial charge in [0.25, 0.3) is 0 Å². The summed E-state index contributed by atoms with van der Waals surface area (Å²) in [4.78, 5) is 0. The van der Waals surface area contributed by atoms with Crippen LogP contribution in [0.4, 0.5) is 5.69 Å². The molecule has 1 N–H and O–H groups in total. The molecule has 0 aliphatic rings. The first kappa shape index (κ1) is 17.9. The number of sulfonamides is 2. The van der Waals surface area contributed by atoms with E-state index in [1.165, 1.54) is 11.2 Å². The average Bonchev–Trinajstić information content (AvgIpc) is 2.34. The van der Waals surface area contributed by atoms with Gasteiger partial charge in [0, 0.05) is 13.1 Å². The summed E-state index contributed by atoms with van der Waals surface area (Å²) in [5, 5.41) is 0. The normalized spacial score (nSPS) is 12.4. The van der Waals surface area contributed by atoms with Crippen molar-refractivity contribution >= 4 is 25.7 Å². The molecule has 0 radical (unpaired) electrons. The standard InChI is InChI=1S/C13H22N2O4S2/c1-5-21(18,19)14-8-9-15(20(4,16)17)13-7-6-11(2)10-12(13)3/h6-7,10,14H,5,8-9H2,1-4H3. The van der Waals surface area contributed by atoms with Crippen molar-refractivity contribution in [1.29, 1.82) is 0 Å². The lowest BCUT2D eigenvalue weighted by molar-refractivity contribution is 0.579. The zero-order valence-electron chi connectivity index (χ0n) is 12.8. The minimum atomic E-state index is -3.48. The molecule has 1 rings (SSSR count). The number of benzene rings is 1. The molecule has 0 heterocycles. The highest BCUT2D eigenvalue weighted by molar-refractivity contribution is 7.92. The first-order chi connectivity index (χ1) is 9.57. The first-order valence-electron chi connectivity index (χ1n) is 6.59. The molecule has 0 aromatic heterocycles. The van der Waals surface area contributed by atoms with Gasteiger partial charge in [-0.25, -0.2) is 21.6 Å². The molecule has 0 saturated heterocycles. The van der Waals surface area contributed by atoms with E-state index < -0.39 is 20.0 Å². The topological polar surface area (TPSA) is 83.6 Å². The Morgan fingerprint density at radius 1 is 1.14 bits per heavy atom. The maximum absolute atomic E-state index is 11.9. The highest BCUT2D eigenvalue weighted by atomic mass is 32.2. The molecular formula is C13H22N2O4S2. The number of hydrogen-bond donors (Lipinski definition) is 1. The third kappa shape index (κ3) is 5.29. The van der Waals surface area contributed by atoms with Crippen LogP contribution in [-0.2, 0) is 20.0 Å². The zero-order valence-corrected chi connectivity index (χ0v) is 14.4. The van der Waals surface area contributed by atoms with Crippen molar-refractivity contribution in [3.05, 3.63) is 29.3 Å². The van der Waals surface area contributed by atoms with Crippen LogP contribution in [0, 0.1) is 13.8 Å². The third-order valence-corrected chi connectivity index (χ3v) is 5.62. The highest BCUT2D eigenvalue weighted by Gasteiger charge is 2.19. The molecule has 1 aromatic carbocycles. The van der Waals surface area contributed by atoms with E-state index in [4.69, 9.17) is 0 Å². The molecule has 0 fully saturated rings. The minimum absolute atomic E-state index is 0.0323. The maximum Gasteiger partial charge on any atom is 0.232 e. The monoisotopic (exact) mass is 334 g/mol. The Morgan fingerprint density at radius 2 is 1.76 bits per heavy atom. The van der Waals surface area contributed by atoms with E-state index >= 15 is 0 Å². The average molecular weight is 334 g/mol. The molecular weight excluding hydrogens is 312 g/mol. The molecule has 8 heteroatoms. The lowest BCUT2D eigenvalue weighted by atomic mass is 10.1. The molecule has 0 saturated carbocycles. The van der Waals surface area contributed by atoms with Crippen molar-refractivity contribution in [3.63, 3.8) is 0 Å². The third-order valence-electron chi connectivity index (χ3n) is 3.04. The largest absolute Gasteiger partial charge is 0.269 e. The van der Waals surface area contributed by atoms with Crippen LogP contribution in [0.1, 0.15) is 18.1 Å². The van der Waals surface area contributed by atoms with Crippen molar-refractivity contribution in [2.75, 3.05) is 29.4 Å². The van der Waals surface area contributed by atoms with Gasteiger partial charge in [0.15, 0.2) is 0 Å². The summed E-state index contributed by atoms with van der Waals surface area (Å²) >= 11 is 0. The number of nitrogens with one attached hydrogen (secondary N) is 1. The number of aryl methyl sites for hydroxylation is 2. The predicted octanol–water partition coefficient (Wildman–Crippen LogP) is 1.01. The van der Waals surface area contributed by atoms with Crippen molar-refractivity contribution in [3.8, 4) is 0 Å². The van der Waals surface area contributed by atoms with Crippen LogP contribution in [0.3, 0.4) is 0 Å². The van der Waals surface area contributed by atoms with Crippen LogP contribution in [0.2, 0.25) is 0 Å². The predicted molar refractivity (Wildman–Crippen MR) is 85.6 cm³/mol. The molecule has 0 atom stereocenters. The van der Waals surface area contributed by atoms with Crippen LogP contribution in [-0.4, -0.2) is 41.9 Å². The summed E-state index contributed by atoms with van der Waals surface area (Å²) in [5.74, 6) is -0.0323. The second kappa shape index (κ2) is 6.76. The highest BCUT2D eigenvalue weighted by Crippen LogP contribution is 2.23. The number of rotatable bonds is 7. The number of nitrogens with zero attached hydrogens (tertiary/aromatic N) is 1. The summed E-state index contributed by atoms with van der Waals surface area (Å²) in [7, 11) is -6.81. The molecule has 120 valence electrons. The molecule has 21 heavy (non-hydrogen) atoms. The van der Waals surface area contributed by atoms with Gasteiger partial charge in [-0.1, -0.05) is 17.7 Å². The fourth-order valence-electron chi connectivity index (χ4n) is 1.95. The molecule has 0 aliphatic heterocycles. The van der Waals surface area contributed by atoms with Crippen molar-refractivity contribution < 1.29 is 16.8 Å². The van der Waals surface area contributed by atoms with E-state index in [0.717, 1.165) is 17.4 Å². The van der Waals surface area contributed by atoms with Crippen molar-refractivity contribution in [2.24, 2.45) is 0 Å². The van der Waals surface area contributed by atoms with E-state index in [1.54, 1.807) is 6.07 Å². The molecule has 0 unspecified atom stereocenters. The van der Waals surface area contributed by atoms with Gasteiger partial charge in [0.2, 0.25) is 20.0 Å². The van der Waals surface area contributed by atoms with E-state index in [1.807, 2.05) is 26.0 Å². The second-order valence-electron chi connectivity index (χ2n) is 4.92. The van der Waals surface area contributed by atoms with Gasteiger partial charge < -0.3 is 0 Å². The molecule has 0 bridgehead atoms. The van der Waals surface area contributed by atoms with E-state index in [9.17, 15) is 16.8 Å². The Labute approximate surface area is 127 Å². The van der Waals surface area contributed by atoms with Crippen molar-refractivity contribution in [2.45, 2.75) is 20.8 Å². The summed E-state index contributed by atoms with van der Waals surface area (Å²) in [6, 6.07) is 5.46. The van der Waals surface area contributed by atoms with Gasteiger partial charge in [0.05, 0.1) is 17.7 Å². The lowest BCUT2D eigenvalue weighted by Gasteiger charge is -2.24. The maximum atomic E-state index is 11.9. The minimum Gasteiger partial charge on any atom is -0.269 e. The molecule has 0 amide bonds. The van der Waals surface area contributed by atoms with Crippen LogP contribution < -0.4 is 9.03 Å². The van der Waals surface area contributed by atoms with Gasteiger partial charge >= 0.3 is 0 Å². The molecule has 6 nitrogen and oxygen atoms in total. The Morgan fingerprint density at radius 3 is 2.24 bits per heavy atom. The van der Waals surface area contributed by atoms with Crippen LogP contribution in [0.25, 0.3) is 0 Å². The molecule has 0 spiro atoms. The van der Waals surface area contributed by atoms with Crippen LogP contribution in [0.5, 0.6) is 0 Å². The Balaban J connectivity index is 2.98. The van der Waals surface area contributed by atoms with Crippen molar-refractivity contribution in [1.82, 2.24) is 4.72 Å². The Hall–Kier alpha value is -1.12. The Kier molecular flexibility index (Phi) is 5.77. The van der Waals surface area contributed by atoms with Gasteiger partial charge in [-0.2, -0.15) is 0 Å². The zero-order chi connectivity index (χ0) is 16.3. The second-order valence-corrected chi connectivity index (χ2v) is 8.93. The molecule has 1 aromatic rings. The lowest BCUT2D eigenvalue weighted by Crippen LogP contribution is -2.38. The summed E-state index contributed by atoms with van der Waals surface area (Å²) in [5.41, 5.74) is 2.44. The molecule has 0 aliphatic carbocycles. The summed E-state index contributed by atoms with van der Waals surface area (Å²) in [6.07, 6.45) is 1.11. The fourth-order valence-corrected chi connectivity index (χ4v) is 3.55. The summed E-state index contributed by atoms with van der Waals surface area (Å²) < 4.78 is 50.3. The van der Waals surface area contributed by atoms with Gasteiger partial charge in [-0.15, -0.1) is 0 Å². The SMILES string of the molecule is CCS(=O)(=O)NCCN(c1ccc(C)cc1C)S(C)(=O)=O. The first-order valence-corrected chi connectivity index (χ1v) is 10.1. The van der Waals surface area contributed by atoms with Gasteiger partial charge in [-0.05, 0) is 32.4 Å².